The molecule has 0 spiro atoms. The van der Waals surface area contributed by atoms with Crippen molar-refractivity contribution < 1.29 is 14.8 Å². The molecule has 0 radical (unpaired) electrons. The number of nitrogens with one attached hydrogen (secondary N) is 1. The largest absolute Gasteiger partial charge is 0.478 e. The quantitative estimate of drug-likeness (QED) is 0.597. The summed E-state index contributed by atoms with van der Waals surface area (Å²) in [5, 5.41) is 23.3. The van der Waals surface area contributed by atoms with Gasteiger partial charge in [-0.3, -0.25) is 10.1 Å². The van der Waals surface area contributed by atoms with Crippen molar-refractivity contribution >= 4 is 11.7 Å². The van der Waals surface area contributed by atoms with Crippen LogP contribution >= 0.6 is 0 Å². The molecule has 24 heavy (non-hydrogen) atoms. The Morgan fingerprint density at radius 2 is 1.71 bits per heavy atom. The van der Waals surface area contributed by atoms with Gasteiger partial charge in [0.2, 0.25) is 0 Å². The third-order valence-corrected chi connectivity index (χ3v) is 3.77. The Bertz CT molecular complexity index is 739. The van der Waals surface area contributed by atoms with Crippen molar-refractivity contribution in [1.29, 1.82) is 0 Å². The summed E-state index contributed by atoms with van der Waals surface area (Å²) < 4.78 is 0. The molecule has 0 atom stereocenters. The van der Waals surface area contributed by atoms with E-state index in [4.69, 9.17) is 5.11 Å². The summed E-state index contributed by atoms with van der Waals surface area (Å²) in [6.07, 6.45) is 0. The Morgan fingerprint density at radius 1 is 1.12 bits per heavy atom. The summed E-state index contributed by atoms with van der Waals surface area (Å²) in [7, 11) is 0. The van der Waals surface area contributed by atoms with E-state index in [2.05, 4.69) is 5.32 Å². The van der Waals surface area contributed by atoms with Crippen molar-refractivity contribution in [2.45, 2.75) is 32.9 Å². The monoisotopic (exact) mass is 328 g/mol. The molecule has 0 aliphatic rings. The highest BCUT2D eigenvalue weighted by atomic mass is 16.6. The van der Waals surface area contributed by atoms with Gasteiger partial charge >= 0.3 is 5.97 Å². The maximum atomic E-state index is 11.2. The van der Waals surface area contributed by atoms with Crippen molar-refractivity contribution in [2.24, 2.45) is 0 Å². The van der Waals surface area contributed by atoms with Gasteiger partial charge in [-0.25, -0.2) is 4.79 Å². The highest BCUT2D eigenvalue weighted by Gasteiger charge is 2.16. The summed E-state index contributed by atoms with van der Waals surface area (Å²) in [5.41, 5.74) is 2.92. The fourth-order valence-corrected chi connectivity index (χ4v) is 2.46. The highest BCUT2D eigenvalue weighted by molar-refractivity contribution is 5.87. The van der Waals surface area contributed by atoms with Gasteiger partial charge in [0.15, 0.2) is 0 Å². The smallest absolute Gasteiger partial charge is 0.335 e. The molecule has 2 aromatic rings. The van der Waals surface area contributed by atoms with Crippen LogP contribution in [0, 0.1) is 10.1 Å². The van der Waals surface area contributed by atoms with Crippen LogP contribution in [-0.2, 0) is 13.1 Å². The number of nitrogens with zero attached hydrogens (tertiary/aromatic N) is 1. The van der Waals surface area contributed by atoms with Gasteiger partial charge in [0.1, 0.15) is 0 Å². The zero-order valence-corrected chi connectivity index (χ0v) is 13.7. The van der Waals surface area contributed by atoms with Gasteiger partial charge in [0.05, 0.1) is 10.5 Å². The summed E-state index contributed by atoms with van der Waals surface area (Å²) in [4.78, 5) is 21.7. The van der Waals surface area contributed by atoms with E-state index in [-0.39, 0.29) is 22.1 Å². The fraction of sp³-hybridized carbons (Fsp3) is 0.278. The average Bonchev–Trinajstić information content (AvgIpc) is 2.55. The molecule has 0 saturated heterocycles. The number of aromatic carboxylic acids is 1. The van der Waals surface area contributed by atoms with E-state index in [0.29, 0.717) is 13.1 Å². The molecule has 0 aliphatic carbocycles. The van der Waals surface area contributed by atoms with Crippen LogP contribution < -0.4 is 5.32 Å². The standard InChI is InChI=1S/C18H20N2O4/c1-12(2)16-8-5-14(9-17(16)20(23)24)11-19-10-13-3-6-15(7-4-13)18(21)22/h3-9,12,19H,10-11H2,1-2H3,(H,21,22). The molecule has 2 N–H and O–H groups in total. The van der Waals surface area contributed by atoms with E-state index in [1.54, 1.807) is 30.3 Å². The number of nitro groups is 1. The van der Waals surface area contributed by atoms with Crippen LogP contribution in [0.3, 0.4) is 0 Å². The van der Waals surface area contributed by atoms with Crippen LogP contribution in [0.4, 0.5) is 5.69 Å². The molecular weight excluding hydrogens is 308 g/mol. The van der Waals surface area contributed by atoms with Crippen LogP contribution in [-0.4, -0.2) is 16.0 Å². The first-order chi connectivity index (χ1) is 11.4. The van der Waals surface area contributed by atoms with E-state index >= 15 is 0 Å². The molecule has 6 heteroatoms. The number of hydrogen-bond acceptors (Lipinski definition) is 4. The summed E-state index contributed by atoms with van der Waals surface area (Å²) in [5.74, 6) is -0.854. The minimum atomic E-state index is -0.952. The molecular formula is C18H20N2O4. The van der Waals surface area contributed by atoms with Crippen molar-refractivity contribution in [3.8, 4) is 0 Å². The fourth-order valence-electron chi connectivity index (χ4n) is 2.46. The van der Waals surface area contributed by atoms with E-state index in [1.165, 1.54) is 0 Å². The average molecular weight is 328 g/mol. The number of nitro benzene ring substituents is 1. The second-order valence-electron chi connectivity index (χ2n) is 5.91. The zero-order valence-electron chi connectivity index (χ0n) is 13.7. The molecule has 0 fully saturated rings. The van der Waals surface area contributed by atoms with E-state index in [9.17, 15) is 14.9 Å². The predicted molar refractivity (Wildman–Crippen MR) is 91.1 cm³/mol. The Hall–Kier alpha value is -2.73. The zero-order chi connectivity index (χ0) is 17.7. The first-order valence-electron chi connectivity index (χ1n) is 7.68. The number of hydrogen-bond donors (Lipinski definition) is 2. The molecule has 0 bridgehead atoms. The first kappa shape index (κ1) is 17.6. The summed E-state index contributed by atoms with van der Waals surface area (Å²) in [6.45, 7) is 4.92. The summed E-state index contributed by atoms with van der Waals surface area (Å²) >= 11 is 0. The second kappa shape index (κ2) is 7.70. The van der Waals surface area contributed by atoms with Crippen molar-refractivity contribution in [3.05, 3.63) is 74.8 Å². The molecule has 126 valence electrons. The molecule has 2 aromatic carbocycles. The Balaban J connectivity index is 2.00. The van der Waals surface area contributed by atoms with Crippen LogP contribution in [0.1, 0.15) is 46.8 Å². The third kappa shape index (κ3) is 4.39. The Labute approximate surface area is 140 Å². The lowest BCUT2D eigenvalue weighted by molar-refractivity contribution is -0.385. The van der Waals surface area contributed by atoms with E-state index in [0.717, 1.165) is 16.7 Å². The van der Waals surface area contributed by atoms with Gasteiger partial charge in [-0.05, 0) is 29.2 Å². The first-order valence-corrected chi connectivity index (χ1v) is 7.68. The van der Waals surface area contributed by atoms with Crippen molar-refractivity contribution in [1.82, 2.24) is 5.32 Å². The van der Waals surface area contributed by atoms with Crippen LogP contribution in [0.15, 0.2) is 42.5 Å². The van der Waals surface area contributed by atoms with Crippen molar-refractivity contribution in [2.75, 3.05) is 0 Å². The van der Waals surface area contributed by atoms with Gasteiger partial charge in [0.25, 0.3) is 5.69 Å². The Morgan fingerprint density at radius 3 is 2.25 bits per heavy atom. The molecule has 0 aliphatic heterocycles. The van der Waals surface area contributed by atoms with Gasteiger partial charge in [-0.1, -0.05) is 38.1 Å². The number of rotatable bonds is 7. The van der Waals surface area contributed by atoms with Crippen LogP contribution in [0.5, 0.6) is 0 Å². The van der Waals surface area contributed by atoms with Gasteiger partial charge in [0, 0.05) is 24.7 Å². The lowest BCUT2D eigenvalue weighted by Gasteiger charge is -2.09. The van der Waals surface area contributed by atoms with Gasteiger partial charge < -0.3 is 10.4 Å². The van der Waals surface area contributed by atoms with E-state index in [1.807, 2.05) is 26.0 Å². The third-order valence-electron chi connectivity index (χ3n) is 3.77. The van der Waals surface area contributed by atoms with Gasteiger partial charge in [-0.15, -0.1) is 0 Å². The number of carboxylic acids is 1. The predicted octanol–water partition coefficient (Wildman–Crippen LogP) is 3.71. The Kier molecular flexibility index (Phi) is 5.65. The molecule has 0 saturated carbocycles. The topological polar surface area (TPSA) is 92.5 Å². The highest BCUT2D eigenvalue weighted by Crippen LogP contribution is 2.27. The minimum Gasteiger partial charge on any atom is -0.478 e. The molecule has 6 nitrogen and oxygen atoms in total. The molecule has 0 aromatic heterocycles. The van der Waals surface area contributed by atoms with Gasteiger partial charge in [-0.2, -0.15) is 0 Å². The molecule has 0 heterocycles. The lowest BCUT2D eigenvalue weighted by atomic mass is 9.99. The number of carbonyl (C=O) groups is 1. The van der Waals surface area contributed by atoms with Crippen LogP contribution in [0.25, 0.3) is 0 Å². The maximum Gasteiger partial charge on any atom is 0.335 e. The molecule has 2 rings (SSSR count). The maximum absolute atomic E-state index is 11.2. The molecule has 0 amide bonds. The van der Waals surface area contributed by atoms with E-state index < -0.39 is 5.97 Å². The lowest BCUT2D eigenvalue weighted by Crippen LogP contribution is -2.13. The van der Waals surface area contributed by atoms with Crippen molar-refractivity contribution in [3.63, 3.8) is 0 Å². The normalized spacial score (nSPS) is 10.8. The SMILES string of the molecule is CC(C)c1ccc(CNCc2ccc(C(=O)O)cc2)cc1[N+](=O)[O-]. The van der Waals surface area contributed by atoms with Crippen LogP contribution in [0.2, 0.25) is 0 Å². The second-order valence-corrected chi connectivity index (χ2v) is 5.91. The number of benzene rings is 2. The molecule has 0 unspecified atom stereocenters. The number of carboxylic acid groups (broad SMARTS) is 1. The minimum absolute atomic E-state index is 0.0974. The summed E-state index contributed by atoms with van der Waals surface area (Å²) in [6, 6.07) is 11.9.